The Kier molecular flexibility index (Phi) is 7.20. The van der Waals surface area contributed by atoms with Gasteiger partial charge in [0.05, 0.1) is 17.5 Å². The van der Waals surface area contributed by atoms with Crippen molar-refractivity contribution < 1.29 is 22.8 Å². The molecule has 212 valence electrons. The SMILES string of the molecule is CC(C)C[C@@H](C(N)=O)N([C@@H](c1ccc(-c2ccc(C3(C(=O)NC4CC4)CC3)cc2)cc1)C(F)(F)F)C1(C#N)CC1. The number of nitriles is 1. The normalized spacial score (nSPS) is 20.4. The van der Waals surface area contributed by atoms with Gasteiger partial charge in [-0.3, -0.25) is 14.5 Å². The molecule has 3 aliphatic rings. The molecule has 2 amide bonds. The second-order valence-corrected chi connectivity index (χ2v) is 12.1. The van der Waals surface area contributed by atoms with E-state index in [1.165, 1.54) is 12.1 Å². The highest BCUT2D eigenvalue weighted by molar-refractivity contribution is 5.91. The Morgan fingerprint density at radius 1 is 1.02 bits per heavy atom. The monoisotopic (exact) mass is 552 g/mol. The number of nitrogens with zero attached hydrogens (tertiary/aromatic N) is 2. The highest BCUT2D eigenvalue weighted by Crippen LogP contribution is 2.52. The number of halogens is 3. The first-order valence-corrected chi connectivity index (χ1v) is 14.0. The molecule has 3 saturated carbocycles. The summed E-state index contributed by atoms with van der Waals surface area (Å²) in [6.07, 6.45) is -0.435. The minimum Gasteiger partial charge on any atom is -0.368 e. The van der Waals surface area contributed by atoms with Gasteiger partial charge in [0.15, 0.2) is 0 Å². The number of amides is 2. The minimum atomic E-state index is -4.74. The van der Waals surface area contributed by atoms with Crippen molar-refractivity contribution in [1.82, 2.24) is 10.2 Å². The Morgan fingerprint density at radius 2 is 1.57 bits per heavy atom. The van der Waals surface area contributed by atoms with Crippen LogP contribution in [0.2, 0.25) is 0 Å². The van der Waals surface area contributed by atoms with Gasteiger partial charge in [-0.1, -0.05) is 62.4 Å². The summed E-state index contributed by atoms with van der Waals surface area (Å²) in [4.78, 5) is 26.2. The molecule has 0 radical (unpaired) electrons. The van der Waals surface area contributed by atoms with Crippen LogP contribution in [0.5, 0.6) is 0 Å². The highest BCUT2D eigenvalue weighted by Gasteiger charge is 2.60. The Bertz CT molecular complexity index is 1300. The van der Waals surface area contributed by atoms with Crippen LogP contribution in [0.3, 0.4) is 0 Å². The first-order valence-electron chi connectivity index (χ1n) is 14.0. The molecule has 0 saturated heterocycles. The molecular weight excluding hydrogens is 517 g/mol. The van der Waals surface area contributed by atoms with E-state index in [1.807, 2.05) is 38.1 Å². The molecule has 6 nitrogen and oxygen atoms in total. The van der Waals surface area contributed by atoms with Crippen molar-refractivity contribution in [2.24, 2.45) is 11.7 Å². The quantitative estimate of drug-likeness (QED) is 0.383. The first-order chi connectivity index (χ1) is 18.9. The molecule has 0 spiro atoms. The zero-order chi connectivity index (χ0) is 28.9. The number of alkyl halides is 3. The lowest BCUT2D eigenvalue weighted by Gasteiger charge is -2.41. The van der Waals surface area contributed by atoms with Crippen molar-refractivity contribution in [1.29, 1.82) is 5.26 Å². The Hall–Kier alpha value is -3.38. The minimum absolute atomic E-state index is 0.0434. The molecule has 3 fully saturated rings. The maximum absolute atomic E-state index is 14.7. The molecule has 0 aromatic heterocycles. The van der Waals surface area contributed by atoms with E-state index in [-0.39, 0.29) is 36.7 Å². The zero-order valence-corrected chi connectivity index (χ0v) is 22.8. The van der Waals surface area contributed by atoms with Crippen molar-refractivity contribution in [3.05, 3.63) is 59.7 Å². The largest absolute Gasteiger partial charge is 0.408 e. The van der Waals surface area contributed by atoms with Crippen molar-refractivity contribution in [3.63, 3.8) is 0 Å². The number of primary amides is 1. The summed E-state index contributed by atoms with van der Waals surface area (Å²) in [5, 5.41) is 13.0. The Morgan fingerprint density at radius 3 is 1.98 bits per heavy atom. The van der Waals surface area contributed by atoms with Crippen molar-refractivity contribution in [3.8, 4) is 17.2 Å². The van der Waals surface area contributed by atoms with Gasteiger partial charge in [-0.15, -0.1) is 0 Å². The van der Waals surface area contributed by atoms with E-state index >= 15 is 0 Å². The van der Waals surface area contributed by atoms with Crippen molar-refractivity contribution >= 4 is 11.8 Å². The van der Waals surface area contributed by atoms with Gasteiger partial charge in [0, 0.05) is 6.04 Å². The maximum atomic E-state index is 14.7. The van der Waals surface area contributed by atoms with E-state index in [1.54, 1.807) is 12.1 Å². The van der Waals surface area contributed by atoms with Crippen LogP contribution in [-0.4, -0.2) is 40.5 Å². The third-order valence-electron chi connectivity index (χ3n) is 8.47. The molecule has 5 rings (SSSR count). The second kappa shape index (κ2) is 10.2. The van der Waals surface area contributed by atoms with Crippen LogP contribution in [0.25, 0.3) is 11.1 Å². The number of benzene rings is 2. The van der Waals surface area contributed by atoms with Crippen LogP contribution in [0.1, 0.15) is 76.0 Å². The van der Waals surface area contributed by atoms with Crippen LogP contribution in [-0.2, 0) is 15.0 Å². The number of rotatable bonds is 11. The average Bonchev–Trinajstić information content (AvgIpc) is 3.77. The second-order valence-electron chi connectivity index (χ2n) is 12.1. The van der Waals surface area contributed by atoms with Crippen molar-refractivity contribution in [2.45, 2.75) is 94.0 Å². The van der Waals surface area contributed by atoms with Gasteiger partial charge in [-0.05, 0) is 73.1 Å². The molecule has 0 bridgehead atoms. The van der Waals surface area contributed by atoms with E-state index in [0.717, 1.165) is 47.3 Å². The zero-order valence-electron chi connectivity index (χ0n) is 22.8. The number of carbonyl (C=O) groups excluding carboxylic acids is 2. The standard InChI is InChI=1S/C31H35F3N4O2/c1-19(2)17-25(27(36)39)38(29(18-35)13-14-29)26(31(32,33)34)22-5-3-20(4-6-22)21-7-9-23(10-8-21)30(15-16-30)28(40)37-24-11-12-24/h3-10,19,24-26H,11-17H2,1-2H3,(H2,36,39)(H,37,40)/t25-,26-/m0/s1. The summed E-state index contributed by atoms with van der Waals surface area (Å²) in [5.74, 6) is -0.879. The van der Waals surface area contributed by atoms with E-state index in [4.69, 9.17) is 5.73 Å². The number of nitrogens with two attached hydrogens (primary N) is 1. The van der Waals surface area contributed by atoms with E-state index in [0.29, 0.717) is 6.04 Å². The van der Waals surface area contributed by atoms with Gasteiger partial charge in [0.2, 0.25) is 11.8 Å². The number of nitrogens with one attached hydrogen (secondary N) is 1. The smallest absolute Gasteiger partial charge is 0.368 e. The van der Waals surface area contributed by atoms with E-state index in [2.05, 4.69) is 11.4 Å². The van der Waals surface area contributed by atoms with Gasteiger partial charge >= 0.3 is 6.18 Å². The molecule has 3 aliphatic carbocycles. The number of carbonyl (C=O) groups is 2. The van der Waals surface area contributed by atoms with Gasteiger partial charge in [0.25, 0.3) is 0 Å². The van der Waals surface area contributed by atoms with Gasteiger partial charge in [-0.25, -0.2) is 0 Å². The van der Waals surface area contributed by atoms with Gasteiger partial charge in [-0.2, -0.15) is 18.4 Å². The van der Waals surface area contributed by atoms with Crippen LogP contribution >= 0.6 is 0 Å². The number of hydrogen-bond donors (Lipinski definition) is 2. The van der Waals surface area contributed by atoms with Gasteiger partial charge < -0.3 is 11.1 Å². The highest BCUT2D eigenvalue weighted by atomic mass is 19.4. The summed E-state index contributed by atoms with van der Waals surface area (Å²) in [5.41, 5.74) is 6.24. The fraction of sp³-hybridized carbons (Fsp3) is 0.516. The van der Waals surface area contributed by atoms with E-state index in [9.17, 15) is 28.0 Å². The summed E-state index contributed by atoms with van der Waals surface area (Å²) in [6, 6.07) is 12.7. The average molecular weight is 553 g/mol. The van der Waals surface area contributed by atoms with Crippen LogP contribution in [0.15, 0.2) is 48.5 Å². The fourth-order valence-electron chi connectivity index (χ4n) is 5.75. The molecule has 9 heteroatoms. The van der Waals surface area contributed by atoms with Crippen LogP contribution < -0.4 is 11.1 Å². The summed E-state index contributed by atoms with van der Waals surface area (Å²) in [7, 11) is 0. The van der Waals surface area contributed by atoms with Crippen molar-refractivity contribution in [2.75, 3.05) is 0 Å². The molecule has 2 aromatic carbocycles. The summed E-state index contributed by atoms with van der Waals surface area (Å²) < 4.78 is 44.1. The summed E-state index contributed by atoms with van der Waals surface area (Å²) >= 11 is 0. The lowest BCUT2D eigenvalue weighted by molar-refractivity contribution is -0.200. The van der Waals surface area contributed by atoms with Crippen LogP contribution in [0, 0.1) is 17.2 Å². The fourth-order valence-corrected chi connectivity index (χ4v) is 5.75. The lowest BCUT2D eigenvalue weighted by Crippen LogP contribution is -2.56. The molecule has 0 aliphatic heterocycles. The summed E-state index contributed by atoms with van der Waals surface area (Å²) in [6.45, 7) is 3.63. The molecule has 3 N–H and O–H groups in total. The Labute approximate surface area is 232 Å². The third-order valence-corrected chi connectivity index (χ3v) is 8.47. The first kappa shape index (κ1) is 28.2. The molecule has 2 atom stereocenters. The predicted molar refractivity (Wildman–Crippen MR) is 145 cm³/mol. The van der Waals surface area contributed by atoms with E-state index < -0.39 is 35.1 Å². The predicted octanol–water partition coefficient (Wildman–Crippen LogP) is 5.53. The molecule has 0 unspecified atom stereocenters. The van der Waals surface area contributed by atoms with Crippen LogP contribution in [0.4, 0.5) is 13.2 Å². The maximum Gasteiger partial charge on any atom is 0.408 e. The third kappa shape index (κ3) is 5.46. The molecule has 0 heterocycles. The number of hydrogen-bond acceptors (Lipinski definition) is 4. The lowest BCUT2D eigenvalue weighted by atomic mass is 9.91. The van der Waals surface area contributed by atoms with Gasteiger partial charge in [0.1, 0.15) is 11.6 Å². The molecule has 40 heavy (non-hydrogen) atoms. The molecular formula is C31H35F3N4O2. The Balaban J connectivity index is 1.42. The topological polar surface area (TPSA) is 99.2 Å². The molecule has 2 aromatic rings.